The summed E-state index contributed by atoms with van der Waals surface area (Å²) in [6, 6.07) is 6.43. The number of aryl methyl sites for hydroxylation is 1. The molecule has 4 nitrogen and oxygen atoms in total. The number of unbranched alkanes of at least 4 members (excludes halogenated alkanes) is 1. The first-order chi connectivity index (χ1) is 17.4. The molecule has 4 aliphatic carbocycles. The summed E-state index contributed by atoms with van der Waals surface area (Å²) in [5.41, 5.74) is -4.06. The van der Waals surface area contributed by atoms with Crippen molar-refractivity contribution in [3.8, 4) is 0 Å². The number of carbonyl (C=O) groups is 2. The fraction of sp³-hybridized carbons (Fsp3) is 0.613. The van der Waals surface area contributed by atoms with E-state index in [0.29, 0.717) is 38.5 Å². The number of benzene rings is 1. The Bertz CT molecular complexity index is 1180. The van der Waals surface area contributed by atoms with E-state index in [-0.39, 0.29) is 42.1 Å². The van der Waals surface area contributed by atoms with Crippen molar-refractivity contribution in [2.45, 2.75) is 89.5 Å². The number of alkyl halides is 1. The molecule has 3 fully saturated rings. The zero-order valence-electron chi connectivity index (χ0n) is 22.0. The van der Waals surface area contributed by atoms with Gasteiger partial charge >= 0.3 is 0 Å². The van der Waals surface area contributed by atoms with Crippen molar-refractivity contribution in [2.75, 3.05) is 0 Å². The van der Waals surface area contributed by atoms with Crippen LogP contribution in [0.1, 0.15) is 71.3 Å². The molecular weight excluding hydrogens is 474 g/mol. The van der Waals surface area contributed by atoms with E-state index in [1.165, 1.54) is 24.3 Å². The Balaban J connectivity index is 1.36. The zero-order valence-corrected chi connectivity index (χ0v) is 22.0. The van der Waals surface area contributed by atoms with Gasteiger partial charge in [-0.3, -0.25) is 9.59 Å². The number of halogens is 2. The molecule has 8 atom stereocenters. The molecule has 0 heterocycles. The third-order valence-corrected chi connectivity index (χ3v) is 10.7. The van der Waals surface area contributed by atoms with Gasteiger partial charge in [-0.15, -0.1) is 0 Å². The molecule has 0 aromatic heterocycles. The van der Waals surface area contributed by atoms with Crippen molar-refractivity contribution in [1.29, 1.82) is 0 Å². The van der Waals surface area contributed by atoms with Gasteiger partial charge in [0, 0.05) is 23.2 Å². The summed E-state index contributed by atoms with van der Waals surface area (Å²) >= 11 is 0. The maximum atomic E-state index is 17.2. The molecule has 0 saturated heterocycles. The Morgan fingerprint density at radius 2 is 1.95 bits per heavy atom. The van der Waals surface area contributed by atoms with Crippen LogP contribution in [0.4, 0.5) is 8.78 Å². The number of carbonyl (C=O) groups excluding carboxylic acids is 2. The highest BCUT2D eigenvalue weighted by molar-refractivity contribution is 6.01. The maximum absolute atomic E-state index is 17.2. The van der Waals surface area contributed by atoms with Crippen molar-refractivity contribution in [1.82, 2.24) is 0 Å². The number of fused-ring (bicyclic) bond motifs is 5. The summed E-state index contributed by atoms with van der Waals surface area (Å²) in [6.45, 7) is 5.51. The monoisotopic (exact) mass is 512 g/mol. The smallest absolute Gasteiger partial charge is 0.178 e. The van der Waals surface area contributed by atoms with E-state index in [1.807, 2.05) is 19.9 Å². The first-order valence-electron chi connectivity index (χ1n) is 13.7. The first-order valence-corrected chi connectivity index (χ1v) is 13.7. The summed E-state index contributed by atoms with van der Waals surface area (Å²) in [7, 11) is 0. The van der Waals surface area contributed by atoms with Crippen LogP contribution < -0.4 is 0 Å². The second-order valence-corrected chi connectivity index (χ2v) is 12.4. The van der Waals surface area contributed by atoms with Gasteiger partial charge in [-0.25, -0.2) is 8.78 Å². The molecule has 3 saturated carbocycles. The van der Waals surface area contributed by atoms with Gasteiger partial charge in [0.25, 0.3) is 0 Å². The fourth-order valence-electron chi connectivity index (χ4n) is 8.64. The van der Waals surface area contributed by atoms with Gasteiger partial charge in [0.1, 0.15) is 11.4 Å². The highest BCUT2D eigenvalue weighted by Crippen LogP contribution is 2.70. The molecule has 1 aromatic carbocycles. The van der Waals surface area contributed by atoms with Crippen molar-refractivity contribution < 1.29 is 28.6 Å². The minimum absolute atomic E-state index is 0.00873. The van der Waals surface area contributed by atoms with Crippen LogP contribution in [0, 0.1) is 34.4 Å². The van der Waals surface area contributed by atoms with Crippen molar-refractivity contribution in [2.24, 2.45) is 28.6 Å². The predicted molar refractivity (Wildman–Crippen MR) is 137 cm³/mol. The van der Waals surface area contributed by atoms with Crippen molar-refractivity contribution in [3.05, 3.63) is 59.4 Å². The van der Waals surface area contributed by atoms with Crippen LogP contribution in [0.15, 0.2) is 48.1 Å². The summed E-state index contributed by atoms with van der Waals surface area (Å²) in [4.78, 5) is 25.6. The van der Waals surface area contributed by atoms with Gasteiger partial charge < -0.3 is 10.2 Å². The molecule has 0 radical (unpaired) electrons. The van der Waals surface area contributed by atoms with E-state index in [2.05, 4.69) is 0 Å². The molecule has 2 N–H and O–H groups in total. The average molecular weight is 513 g/mol. The van der Waals surface area contributed by atoms with E-state index in [1.54, 1.807) is 19.1 Å². The lowest BCUT2D eigenvalue weighted by Gasteiger charge is -2.62. The minimum atomic E-state index is -1.97. The summed E-state index contributed by atoms with van der Waals surface area (Å²) in [5, 5.41) is 23.5. The zero-order chi connectivity index (χ0) is 26.8. The number of hydrogen-bond donors (Lipinski definition) is 2. The number of ketones is 2. The number of aliphatic hydroxyl groups excluding tert-OH is 1. The van der Waals surface area contributed by atoms with Gasteiger partial charge in [-0.1, -0.05) is 37.6 Å². The van der Waals surface area contributed by atoms with Crippen LogP contribution in [-0.4, -0.2) is 39.2 Å². The van der Waals surface area contributed by atoms with Gasteiger partial charge in [0.2, 0.25) is 0 Å². The molecule has 200 valence electrons. The van der Waals surface area contributed by atoms with Gasteiger partial charge in [0.05, 0.1) is 6.10 Å². The summed E-state index contributed by atoms with van der Waals surface area (Å²) < 4.78 is 30.7. The Morgan fingerprint density at radius 3 is 2.68 bits per heavy atom. The second-order valence-electron chi connectivity index (χ2n) is 12.4. The van der Waals surface area contributed by atoms with E-state index in [9.17, 15) is 24.2 Å². The van der Waals surface area contributed by atoms with E-state index in [0.717, 1.165) is 11.1 Å². The second kappa shape index (κ2) is 8.94. The van der Waals surface area contributed by atoms with Crippen LogP contribution in [0.5, 0.6) is 0 Å². The largest absolute Gasteiger partial charge is 0.390 e. The van der Waals surface area contributed by atoms with Crippen LogP contribution >= 0.6 is 0 Å². The van der Waals surface area contributed by atoms with Gasteiger partial charge in [-0.05, 0) is 93.6 Å². The number of aliphatic hydroxyl groups is 2. The predicted octanol–water partition coefficient (Wildman–Crippen LogP) is 5.46. The van der Waals surface area contributed by atoms with Crippen molar-refractivity contribution in [3.63, 3.8) is 0 Å². The number of hydrogen-bond acceptors (Lipinski definition) is 4. The molecule has 4 aliphatic rings. The molecular formula is C31H38F2O4. The molecule has 0 unspecified atom stereocenters. The SMILES string of the molecule is C[C@@H]1C[C@H]2[C@@H]3CCC4=CC(=O)C=C[C@]4(C)[C@@]3(F)[C@@H](O)C[C@]2(C)[C@@]1(O)C(=O)CCCCc1cccc(F)c1. The highest BCUT2D eigenvalue weighted by atomic mass is 19.1. The molecule has 0 spiro atoms. The van der Waals surface area contributed by atoms with Crippen LogP contribution in [0.25, 0.3) is 0 Å². The van der Waals surface area contributed by atoms with Crippen LogP contribution in [-0.2, 0) is 16.0 Å². The third kappa shape index (κ3) is 3.65. The fourth-order valence-corrected chi connectivity index (χ4v) is 8.64. The lowest BCUT2D eigenvalue weighted by Crippen LogP contribution is -2.69. The van der Waals surface area contributed by atoms with Crippen LogP contribution in [0.3, 0.4) is 0 Å². The number of allylic oxidation sites excluding steroid dienone is 4. The molecule has 6 heteroatoms. The molecule has 37 heavy (non-hydrogen) atoms. The Labute approximate surface area is 217 Å². The Morgan fingerprint density at radius 1 is 1.19 bits per heavy atom. The molecule has 0 bridgehead atoms. The highest BCUT2D eigenvalue weighted by Gasteiger charge is 2.75. The first kappa shape index (κ1) is 26.4. The summed E-state index contributed by atoms with van der Waals surface area (Å²) in [6.07, 6.45) is 6.79. The normalized spacial score (nSPS) is 42.6. The van der Waals surface area contributed by atoms with E-state index >= 15 is 4.39 Å². The Hall–Kier alpha value is -2.18. The minimum Gasteiger partial charge on any atom is -0.390 e. The quantitative estimate of drug-likeness (QED) is 0.497. The molecule has 1 aromatic rings. The molecule has 0 aliphatic heterocycles. The average Bonchev–Trinajstić information content (AvgIpc) is 3.04. The van der Waals surface area contributed by atoms with Crippen LogP contribution in [0.2, 0.25) is 0 Å². The van der Waals surface area contributed by atoms with Gasteiger partial charge in [-0.2, -0.15) is 0 Å². The molecule has 0 amide bonds. The number of rotatable bonds is 6. The Kier molecular flexibility index (Phi) is 6.39. The maximum Gasteiger partial charge on any atom is 0.178 e. The van der Waals surface area contributed by atoms with Gasteiger partial charge in [0.15, 0.2) is 17.2 Å². The lowest BCUT2D eigenvalue weighted by molar-refractivity contribution is -0.218. The van der Waals surface area contributed by atoms with E-state index < -0.39 is 34.1 Å². The third-order valence-electron chi connectivity index (χ3n) is 10.7. The van der Waals surface area contributed by atoms with E-state index in [4.69, 9.17) is 0 Å². The molecule has 5 rings (SSSR count). The topological polar surface area (TPSA) is 74.6 Å². The van der Waals surface area contributed by atoms with Crippen molar-refractivity contribution >= 4 is 11.6 Å². The number of Topliss-reactive ketones (excluding diaryl/α,β-unsaturated/α-hetero) is 1. The summed E-state index contributed by atoms with van der Waals surface area (Å²) in [5.74, 6) is -1.83. The standard InChI is InChI=1S/C31H38F2O4/c1-19-15-25-24-12-11-21-17-23(34)13-14-28(21,2)30(24,33)27(36)18-29(25,3)31(19,37)26(35)10-5-4-7-20-8-6-9-22(32)16-20/h6,8-9,13-14,16-17,19,24-25,27,36-37H,4-5,7,10-12,15,18H2,1-3H3/t19-,24+,25+,27+,28+,29+,30+,31+/m1/s1. The lowest BCUT2D eigenvalue weighted by atomic mass is 9.44.